The molecular formula is C15H22N4O2. The zero-order valence-electron chi connectivity index (χ0n) is 12.7. The third-order valence-corrected chi connectivity index (χ3v) is 3.57. The number of nitrogens with two attached hydrogens (primary N) is 1. The molecule has 2 rings (SSSR count). The van der Waals surface area contributed by atoms with Crippen molar-refractivity contribution in [3.05, 3.63) is 18.2 Å². The molecule has 0 saturated carbocycles. The van der Waals surface area contributed by atoms with Gasteiger partial charge in [-0.25, -0.2) is 4.98 Å². The first-order valence-corrected chi connectivity index (χ1v) is 7.14. The zero-order chi connectivity index (χ0) is 15.4. The fourth-order valence-electron chi connectivity index (χ4n) is 2.20. The van der Waals surface area contributed by atoms with Crippen molar-refractivity contribution in [1.29, 1.82) is 0 Å². The van der Waals surface area contributed by atoms with Crippen LogP contribution in [0.2, 0.25) is 0 Å². The maximum Gasteiger partial charge on any atom is 0.222 e. The van der Waals surface area contributed by atoms with Crippen molar-refractivity contribution in [3.8, 4) is 5.75 Å². The van der Waals surface area contributed by atoms with Crippen molar-refractivity contribution in [2.24, 2.45) is 0 Å². The van der Waals surface area contributed by atoms with Crippen LogP contribution >= 0.6 is 0 Å². The van der Waals surface area contributed by atoms with Gasteiger partial charge in [0.1, 0.15) is 11.3 Å². The second kappa shape index (κ2) is 6.47. The predicted molar refractivity (Wildman–Crippen MR) is 83.2 cm³/mol. The molecule has 1 amide bonds. The molecule has 1 atom stereocenters. The van der Waals surface area contributed by atoms with Crippen LogP contribution in [-0.2, 0) is 11.3 Å². The topological polar surface area (TPSA) is 82.2 Å². The van der Waals surface area contributed by atoms with Crippen LogP contribution in [0.5, 0.6) is 5.75 Å². The fourth-order valence-corrected chi connectivity index (χ4v) is 2.20. The summed E-state index contributed by atoms with van der Waals surface area (Å²) in [5, 5.41) is 2.94. The number of carbonyl (C=O) groups is 1. The number of methoxy groups -OCH3 is 1. The molecule has 0 bridgehead atoms. The van der Waals surface area contributed by atoms with Crippen molar-refractivity contribution in [1.82, 2.24) is 14.9 Å². The van der Waals surface area contributed by atoms with Gasteiger partial charge in [0.05, 0.1) is 12.6 Å². The van der Waals surface area contributed by atoms with Crippen LogP contribution in [0.3, 0.4) is 0 Å². The molecule has 6 heteroatoms. The van der Waals surface area contributed by atoms with Crippen LogP contribution in [0.4, 0.5) is 5.95 Å². The number of benzene rings is 1. The summed E-state index contributed by atoms with van der Waals surface area (Å²) < 4.78 is 7.12. The van der Waals surface area contributed by atoms with E-state index in [1.807, 2.05) is 36.6 Å². The van der Waals surface area contributed by atoms with E-state index in [-0.39, 0.29) is 11.9 Å². The minimum Gasteiger partial charge on any atom is -0.494 e. The number of anilines is 1. The molecule has 3 N–H and O–H groups in total. The van der Waals surface area contributed by atoms with Crippen molar-refractivity contribution in [2.75, 3.05) is 12.8 Å². The summed E-state index contributed by atoms with van der Waals surface area (Å²) in [4.78, 5) is 16.2. The van der Waals surface area contributed by atoms with Crippen LogP contribution in [0.25, 0.3) is 11.0 Å². The van der Waals surface area contributed by atoms with Gasteiger partial charge in [-0.15, -0.1) is 0 Å². The van der Waals surface area contributed by atoms with E-state index in [1.165, 1.54) is 0 Å². The number of imidazole rings is 1. The van der Waals surface area contributed by atoms with Crippen molar-refractivity contribution >= 4 is 22.9 Å². The first-order chi connectivity index (χ1) is 10.1. The van der Waals surface area contributed by atoms with Crippen LogP contribution in [-0.4, -0.2) is 28.6 Å². The normalized spacial score (nSPS) is 12.3. The predicted octanol–water partition coefficient (Wildman–Crippen LogP) is 1.93. The summed E-state index contributed by atoms with van der Waals surface area (Å²) in [6.45, 7) is 4.53. The quantitative estimate of drug-likeness (QED) is 0.851. The molecule has 21 heavy (non-hydrogen) atoms. The first-order valence-electron chi connectivity index (χ1n) is 7.14. The average Bonchev–Trinajstić information content (AvgIpc) is 2.80. The molecule has 1 aromatic heterocycles. The highest BCUT2D eigenvalue weighted by Gasteiger charge is 2.13. The molecule has 0 fully saturated rings. The number of aryl methyl sites for hydroxylation is 1. The minimum absolute atomic E-state index is 0.0218. The summed E-state index contributed by atoms with van der Waals surface area (Å²) in [6.07, 6.45) is 1.29. The molecule has 0 spiro atoms. The van der Waals surface area contributed by atoms with Gasteiger partial charge in [-0.05, 0) is 25.5 Å². The van der Waals surface area contributed by atoms with Crippen LogP contribution in [0.1, 0.15) is 26.7 Å². The molecule has 0 aliphatic rings. The Bertz CT molecular complexity index is 636. The van der Waals surface area contributed by atoms with Crippen molar-refractivity contribution in [2.45, 2.75) is 39.3 Å². The highest BCUT2D eigenvalue weighted by atomic mass is 16.5. The van der Waals surface area contributed by atoms with E-state index in [4.69, 9.17) is 10.5 Å². The largest absolute Gasteiger partial charge is 0.494 e. The van der Waals surface area contributed by atoms with Gasteiger partial charge in [0.25, 0.3) is 0 Å². The standard InChI is InChI=1S/C15H22N4O2/c1-4-10(2)17-13(20)8-9-19-11-6-5-7-12(21-3)14(11)18-15(19)16/h5-7,10H,4,8-9H2,1-3H3,(H2,16,18)(H,17,20). The molecule has 1 heterocycles. The number of aromatic nitrogens is 2. The molecule has 0 aliphatic heterocycles. The third kappa shape index (κ3) is 3.26. The van der Waals surface area contributed by atoms with E-state index in [0.29, 0.717) is 24.7 Å². The monoisotopic (exact) mass is 290 g/mol. The number of nitrogens with one attached hydrogen (secondary N) is 1. The number of nitrogens with zero attached hydrogens (tertiary/aromatic N) is 2. The zero-order valence-corrected chi connectivity index (χ0v) is 12.7. The average molecular weight is 290 g/mol. The van der Waals surface area contributed by atoms with Crippen molar-refractivity contribution in [3.63, 3.8) is 0 Å². The van der Waals surface area contributed by atoms with Gasteiger partial charge in [0.15, 0.2) is 0 Å². The van der Waals surface area contributed by atoms with Gasteiger partial charge in [0, 0.05) is 19.0 Å². The number of hydrogen-bond acceptors (Lipinski definition) is 4. The van der Waals surface area contributed by atoms with Crippen LogP contribution in [0.15, 0.2) is 18.2 Å². The Morgan fingerprint density at radius 2 is 2.29 bits per heavy atom. The lowest BCUT2D eigenvalue weighted by atomic mass is 10.2. The van der Waals surface area contributed by atoms with E-state index in [2.05, 4.69) is 10.3 Å². The number of ether oxygens (including phenoxy) is 1. The van der Waals surface area contributed by atoms with Gasteiger partial charge >= 0.3 is 0 Å². The molecule has 2 aromatic rings. The Kier molecular flexibility index (Phi) is 4.67. The summed E-state index contributed by atoms with van der Waals surface area (Å²) in [5.41, 5.74) is 7.56. The van der Waals surface area contributed by atoms with Gasteiger partial charge < -0.3 is 20.4 Å². The molecule has 6 nitrogen and oxygen atoms in total. The molecule has 1 aromatic carbocycles. The Morgan fingerprint density at radius 1 is 1.52 bits per heavy atom. The Balaban J connectivity index is 2.15. The van der Waals surface area contributed by atoms with E-state index in [1.54, 1.807) is 7.11 Å². The fraction of sp³-hybridized carbons (Fsp3) is 0.467. The highest BCUT2D eigenvalue weighted by molar-refractivity contribution is 5.84. The Morgan fingerprint density at radius 3 is 2.95 bits per heavy atom. The van der Waals surface area contributed by atoms with E-state index < -0.39 is 0 Å². The molecule has 114 valence electrons. The molecule has 0 aliphatic carbocycles. The maximum absolute atomic E-state index is 11.9. The van der Waals surface area contributed by atoms with E-state index in [0.717, 1.165) is 17.5 Å². The van der Waals surface area contributed by atoms with Crippen LogP contribution < -0.4 is 15.8 Å². The van der Waals surface area contributed by atoms with E-state index >= 15 is 0 Å². The number of fused-ring (bicyclic) bond motifs is 1. The summed E-state index contributed by atoms with van der Waals surface area (Å²) >= 11 is 0. The van der Waals surface area contributed by atoms with Gasteiger partial charge in [-0.3, -0.25) is 4.79 Å². The maximum atomic E-state index is 11.9. The Hall–Kier alpha value is -2.24. The lowest BCUT2D eigenvalue weighted by molar-refractivity contribution is -0.121. The SMILES string of the molecule is CCC(C)NC(=O)CCn1c(N)nc2c(OC)cccc21. The number of nitrogen functional groups attached to an aromatic ring is 1. The first kappa shape index (κ1) is 15.2. The van der Waals surface area contributed by atoms with Gasteiger partial charge in [0.2, 0.25) is 11.9 Å². The van der Waals surface area contributed by atoms with E-state index in [9.17, 15) is 4.79 Å². The summed E-state index contributed by atoms with van der Waals surface area (Å²) in [7, 11) is 1.60. The highest BCUT2D eigenvalue weighted by Crippen LogP contribution is 2.26. The molecule has 0 radical (unpaired) electrons. The third-order valence-electron chi connectivity index (χ3n) is 3.57. The molecule has 0 saturated heterocycles. The molecular weight excluding hydrogens is 268 g/mol. The van der Waals surface area contributed by atoms with Gasteiger partial charge in [-0.1, -0.05) is 13.0 Å². The number of carbonyl (C=O) groups excluding carboxylic acids is 1. The summed E-state index contributed by atoms with van der Waals surface area (Å²) in [6, 6.07) is 5.84. The second-order valence-corrected chi connectivity index (χ2v) is 5.08. The van der Waals surface area contributed by atoms with Gasteiger partial charge in [-0.2, -0.15) is 0 Å². The number of rotatable bonds is 6. The van der Waals surface area contributed by atoms with Crippen LogP contribution in [0, 0.1) is 0 Å². The number of amides is 1. The van der Waals surface area contributed by atoms with Crippen molar-refractivity contribution < 1.29 is 9.53 Å². The lowest BCUT2D eigenvalue weighted by Gasteiger charge is -2.12. The lowest BCUT2D eigenvalue weighted by Crippen LogP contribution is -2.32. The number of hydrogen-bond donors (Lipinski definition) is 2. The number of para-hydroxylation sites is 1. The second-order valence-electron chi connectivity index (χ2n) is 5.08. The molecule has 1 unspecified atom stereocenters. The summed E-state index contributed by atoms with van der Waals surface area (Å²) in [5.74, 6) is 1.10. The smallest absolute Gasteiger partial charge is 0.222 e. The Labute approximate surface area is 124 Å². The minimum atomic E-state index is 0.0218.